The van der Waals surface area contributed by atoms with Crippen molar-refractivity contribution in [3.8, 4) is 0 Å². The molecule has 0 aliphatic carbocycles. The van der Waals surface area contributed by atoms with Crippen molar-refractivity contribution >= 4 is 15.9 Å². The molecule has 126 valence electrons. The van der Waals surface area contributed by atoms with Crippen LogP contribution in [0.15, 0.2) is 24.4 Å². The molecule has 2 amide bonds. The highest BCUT2D eigenvalue weighted by molar-refractivity contribution is 7.91. The van der Waals surface area contributed by atoms with Crippen LogP contribution in [-0.2, 0) is 16.4 Å². The number of urea groups is 1. The molecule has 3 heterocycles. The number of nitrogens with zero attached hydrogens (tertiary/aromatic N) is 3. The van der Waals surface area contributed by atoms with Crippen LogP contribution < -0.4 is 5.32 Å². The quantitative estimate of drug-likeness (QED) is 0.845. The van der Waals surface area contributed by atoms with Gasteiger partial charge in [-0.25, -0.2) is 13.2 Å². The molecule has 0 saturated carbocycles. The summed E-state index contributed by atoms with van der Waals surface area (Å²) in [5, 5.41) is 2.78. The molecule has 1 N–H and O–H groups in total. The van der Waals surface area contributed by atoms with Crippen LogP contribution in [0.1, 0.15) is 12.6 Å². The Morgan fingerprint density at radius 2 is 2.09 bits per heavy atom. The average Bonchev–Trinajstić information content (AvgIpc) is 2.84. The van der Waals surface area contributed by atoms with E-state index in [1.165, 1.54) is 0 Å². The molecule has 7 nitrogen and oxygen atoms in total. The summed E-state index contributed by atoms with van der Waals surface area (Å²) < 4.78 is 24.2. The van der Waals surface area contributed by atoms with E-state index in [4.69, 9.17) is 0 Å². The summed E-state index contributed by atoms with van der Waals surface area (Å²) in [6.45, 7) is 4.20. The second kappa shape index (κ2) is 6.45. The minimum absolute atomic E-state index is 0.0491. The van der Waals surface area contributed by atoms with Gasteiger partial charge in [-0.3, -0.25) is 9.88 Å². The number of pyridine rings is 1. The molecule has 2 atom stereocenters. The van der Waals surface area contributed by atoms with Gasteiger partial charge in [0.15, 0.2) is 9.84 Å². The van der Waals surface area contributed by atoms with E-state index in [9.17, 15) is 13.2 Å². The number of fused-ring (bicyclic) bond motifs is 1. The van der Waals surface area contributed by atoms with Gasteiger partial charge in [-0.05, 0) is 19.1 Å². The molecule has 0 unspecified atom stereocenters. The van der Waals surface area contributed by atoms with Gasteiger partial charge in [0.1, 0.15) is 0 Å². The number of rotatable bonds is 3. The molecule has 1 aromatic rings. The Morgan fingerprint density at radius 1 is 1.30 bits per heavy atom. The molecule has 0 aromatic carbocycles. The topological polar surface area (TPSA) is 82.6 Å². The molecule has 8 heteroatoms. The summed E-state index contributed by atoms with van der Waals surface area (Å²) >= 11 is 0. The fourth-order valence-corrected chi connectivity index (χ4v) is 5.44. The zero-order valence-corrected chi connectivity index (χ0v) is 14.0. The van der Waals surface area contributed by atoms with E-state index in [0.29, 0.717) is 26.2 Å². The first-order valence-corrected chi connectivity index (χ1v) is 9.71. The normalized spacial score (nSPS) is 26.7. The average molecular weight is 338 g/mol. The number of piperazine rings is 1. The molecule has 2 aliphatic heterocycles. The summed E-state index contributed by atoms with van der Waals surface area (Å²) in [6.07, 6.45) is 1.74. The lowest BCUT2D eigenvalue weighted by molar-refractivity contribution is 0.0600. The number of hydrogen-bond acceptors (Lipinski definition) is 5. The standard InChI is InChI=1S/C15H22N4O3S/c1-2-16-15(20)19-8-7-18(9-12-5-3-4-6-17-12)13-10-23(21,22)11-14(13)19/h3-6,13-14H,2,7-11H2,1H3,(H,16,20)/t13-,14+/m1/s1. The van der Waals surface area contributed by atoms with Crippen molar-refractivity contribution in [2.45, 2.75) is 25.6 Å². The van der Waals surface area contributed by atoms with E-state index in [1.54, 1.807) is 11.1 Å². The summed E-state index contributed by atoms with van der Waals surface area (Å²) in [6, 6.07) is 5.13. The minimum Gasteiger partial charge on any atom is -0.338 e. The van der Waals surface area contributed by atoms with E-state index in [-0.39, 0.29) is 29.6 Å². The lowest BCUT2D eigenvalue weighted by Gasteiger charge is -2.43. The third-order valence-electron chi connectivity index (χ3n) is 4.47. The lowest BCUT2D eigenvalue weighted by Crippen LogP contribution is -2.62. The fraction of sp³-hybridized carbons (Fsp3) is 0.600. The predicted octanol–water partition coefficient (Wildman–Crippen LogP) is 0.0943. The van der Waals surface area contributed by atoms with Crippen molar-refractivity contribution in [3.05, 3.63) is 30.1 Å². The van der Waals surface area contributed by atoms with Gasteiger partial charge in [-0.15, -0.1) is 0 Å². The number of carbonyl (C=O) groups is 1. The number of carbonyl (C=O) groups excluding carboxylic acids is 1. The Bertz CT molecular complexity index is 665. The van der Waals surface area contributed by atoms with Crippen molar-refractivity contribution in [2.24, 2.45) is 0 Å². The first-order valence-electron chi connectivity index (χ1n) is 7.89. The largest absolute Gasteiger partial charge is 0.338 e. The SMILES string of the molecule is CCNC(=O)N1CCN(Cc2ccccn2)[C@@H]2CS(=O)(=O)C[C@@H]21. The third kappa shape index (κ3) is 3.48. The monoisotopic (exact) mass is 338 g/mol. The van der Waals surface area contributed by atoms with Gasteiger partial charge in [0.2, 0.25) is 0 Å². The molecule has 0 radical (unpaired) electrons. The Labute approximate surface area is 136 Å². The van der Waals surface area contributed by atoms with Crippen LogP contribution in [0.4, 0.5) is 4.79 Å². The van der Waals surface area contributed by atoms with Crippen molar-refractivity contribution in [3.63, 3.8) is 0 Å². The molecule has 1 aromatic heterocycles. The van der Waals surface area contributed by atoms with Crippen molar-refractivity contribution in [1.29, 1.82) is 0 Å². The smallest absolute Gasteiger partial charge is 0.317 e. The maximum atomic E-state index is 12.2. The van der Waals surface area contributed by atoms with Crippen LogP contribution in [-0.4, -0.2) is 72.5 Å². The highest BCUT2D eigenvalue weighted by Gasteiger charge is 2.47. The van der Waals surface area contributed by atoms with E-state index >= 15 is 0 Å². The molecule has 2 fully saturated rings. The van der Waals surface area contributed by atoms with Crippen molar-refractivity contribution in [2.75, 3.05) is 31.1 Å². The van der Waals surface area contributed by atoms with Gasteiger partial charge in [0.25, 0.3) is 0 Å². The lowest BCUT2D eigenvalue weighted by atomic mass is 10.0. The fourth-order valence-electron chi connectivity index (χ4n) is 3.43. The van der Waals surface area contributed by atoms with Gasteiger partial charge in [0.05, 0.1) is 23.2 Å². The van der Waals surface area contributed by atoms with E-state index in [2.05, 4.69) is 15.2 Å². The Morgan fingerprint density at radius 3 is 2.78 bits per heavy atom. The van der Waals surface area contributed by atoms with Crippen LogP contribution in [0.25, 0.3) is 0 Å². The summed E-state index contributed by atoms with van der Waals surface area (Å²) in [5.41, 5.74) is 0.919. The van der Waals surface area contributed by atoms with Gasteiger partial charge < -0.3 is 10.2 Å². The van der Waals surface area contributed by atoms with Crippen LogP contribution in [0.3, 0.4) is 0 Å². The number of amides is 2. The first-order chi connectivity index (χ1) is 11.0. The van der Waals surface area contributed by atoms with Gasteiger partial charge in [-0.2, -0.15) is 0 Å². The molecule has 2 saturated heterocycles. The first kappa shape index (κ1) is 16.2. The summed E-state index contributed by atoms with van der Waals surface area (Å²) in [7, 11) is -3.12. The zero-order chi connectivity index (χ0) is 16.4. The molecule has 0 spiro atoms. The van der Waals surface area contributed by atoms with E-state index < -0.39 is 9.84 Å². The number of hydrogen-bond donors (Lipinski definition) is 1. The maximum absolute atomic E-state index is 12.2. The van der Waals surface area contributed by atoms with Crippen LogP contribution in [0, 0.1) is 0 Å². The van der Waals surface area contributed by atoms with E-state index in [1.807, 2.05) is 25.1 Å². The maximum Gasteiger partial charge on any atom is 0.317 e. The van der Waals surface area contributed by atoms with Crippen molar-refractivity contribution < 1.29 is 13.2 Å². The summed E-state index contributed by atoms with van der Waals surface area (Å²) in [5.74, 6) is 0.161. The second-order valence-corrected chi connectivity index (χ2v) is 8.19. The van der Waals surface area contributed by atoms with Gasteiger partial charge in [0, 0.05) is 38.4 Å². The molecule has 23 heavy (non-hydrogen) atoms. The number of aromatic nitrogens is 1. The number of sulfone groups is 1. The Hall–Kier alpha value is -1.67. The van der Waals surface area contributed by atoms with Crippen LogP contribution in [0.2, 0.25) is 0 Å². The Kier molecular flexibility index (Phi) is 4.54. The van der Waals surface area contributed by atoms with Crippen LogP contribution in [0.5, 0.6) is 0 Å². The molecule has 0 bridgehead atoms. The van der Waals surface area contributed by atoms with E-state index in [0.717, 1.165) is 5.69 Å². The highest BCUT2D eigenvalue weighted by Crippen LogP contribution is 2.28. The van der Waals surface area contributed by atoms with Crippen LogP contribution >= 0.6 is 0 Å². The second-order valence-electron chi connectivity index (χ2n) is 6.03. The predicted molar refractivity (Wildman–Crippen MR) is 86.7 cm³/mol. The molecular formula is C15H22N4O3S. The highest BCUT2D eigenvalue weighted by atomic mass is 32.2. The Balaban J connectivity index is 1.79. The van der Waals surface area contributed by atoms with Gasteiger partial charge >= 0.3 is 6.03 Å². The molecule has 3 rings (SSSR count). The third-order valence-corrected chi connectivity index (χ3v) is 6.17. The number of nitrogens with one attached hydrogen (secondary N) is 1. The molecule has 2 aliphatic rings. The zero-order valence-electron chi connectivity index (χ0n) is 13.2. The minimum atomic E-state index is -3.12. The van der Waals surface area contributed by atoms with Crippen molar-refractivity contribution in [1.82, 2.24) is 20.1 Å². The van der Waals surface area contributed by atoms with Gasteiger partial charge in [-0.1, -0.05) is 6.07 Å². The summed E-state index contributed by atoms with van der Waals surface area (Å²) in [4.78, 5) is 20.4. The molecular weight excluding hydrogens is 316 g/mol.